The Hall–Kier alpha value is -0.340. The van der Waals surface area contributed by atoms with Crippen molar-refractivity contribution in [1.29, 1.82) is 0 Å². The summed E-state index contributed by atoms with van der Waals surface area (Å²) in [4.78, 5) is 0. The topological polar surface area (TPSA) is 12.0 Å². The Balaban J connectivity index is 1.86. The van der Waals surface area contributed by atoms with Crippen molar-refractivity contribution in [3.8, 4) is 0 Å². The van der Waals surface area contributed by atoms with E-state index in [-0.39, 0.29) is 0 Å². The summed E-state index contributed by atoms with van der Waals surface area (Å²) in [5, 5.41) is 3.69. The predicted molar refractivity (Wildman–Crippen MR) is 72.4 cm³/mol. The highest BCUT2D eigenvalue weighted by atomic mass is 79.9. The smallest absolute Gasteiger partial charge is 0.0208 e. The molecule has 2 unspecified atom stereocenters. The maximum Gasteiger partial charge on any atom is 0.0208 e. The van der Waals surface area contributed by atoms with Gasteiger partial charge in [0.25, 0.3) is 0 Å². The minimum atomic E-state index is 0.715. The van der Waals surface area contributed by atoms with E-state index in [9.17, 15) is 0 Å². The van der Waals surface area contributed by atoms with Crippen LogP contribution in [0.1, 0.15) is 38.2 Å². The van der Waals surface area contributed by atoms with Gasteiger partial charge >= 0.3 is 0 Å². The summed E-state index contributed by atoms with van der Waals surface area (Å²) in [6.07, 6.45) is 5.53. The second kappa shape index (κ2) is 5.83. The Labute approximate surface area is 107 Å². The van der Waals surface area contributed by atoms with Gasteiger partial charge in [0.15, 0.2) is 0 Å². The molecule has 1 aliphatic rings. The van der Waals surface area contributed by atoms with E-state index in [0.29, 0.717) is 6.04 Å². The minimum absolute atomic E-state index is 0.715. The van der Waals surface area contributed by atoms with Crippen LogP contribution in [-0.4, -0.2) is 6.04 Å². The Morgan fingerprint density at radius 2 is 2.12 bits per heavy atom. The van der Waals surface area contributed by atoms with Gasteiger partial charge in [0.05, 0.1) is 0 Å². The molecule has 1 aromatic carbocycles. The van der Waals surface area contributed by atoms with Gasteiger partial charge in [-0.3, -0.25) is 0 Å². The van der Waals surface area contributed by atoms with E-state index >= 15 is 0 Å². The zero-order chi connectivity index (χ0) is 11.4. The minimum Gasteiger partial charge on any atom is -0.310 e. The monoisotopic (exact) mass is 281 g/mol. The lowest BCUT2D eigenvalue weighted by molar-refractivity contribution is 0.279. The van der Waals surface area contributed by atoms with Crippen LogP contribution in [0.5, 0.6) is 0 Å². The lowest BCUT2D eigenvalue weighted by Gasteiger charge is -2.29. The fraction of sp³-hybridized carbons (Fsp3) is 0.571. The van der Waals surface area contributed by atoms with Crippen molar-refractivity contribution in [2.24, 2.45) is 5.92 Å². The van der Waals surface area contributed by atoms with E-state index in [4.69, 9.17) is 0 Å². The molecule has 0 spiro atoms. The molecule has 0 heterocycles. The predicted octanol–water partition coefficient (Wildman–Crippen LogP) is 4.12. The van der Waals surface area contributed by atoms with E-state index in [1.54, 1.807) is 0 Å². The van der Waals surface area contributed by atoms with Crippen molar-refractivity contribution in [3.63, 3.8) is 0 Å². The molecule has 2 rings (SSSR count). The Bertz CT molecular complexity index is 337. The van der Waals surface area contributed by atoms with Gasteiger partial charge in [-0.25, -0.2) is 0 Å². The van der Waals surface area contributed by atoms with E-state index in [1.807, 2.05) is 0 Å². The first-order chi connectivity index (χ1) is 7.75. The van der Waals surface area contributed by atoms with Crippen LogP contribution in [0, 0.1) is 5.92 Å². The third-order valence-electron chi connectivity index (χ3n) is 3.57. The Morgan fingerprint density at radius 1 is 1.31 bits per heavy atom. The molecule has 0 saturated heterocycles. The average molecular weight is 282 g/mol. The first-order valence-electron chi connectivity index (χ1n) is 6.23. The molecule has 88 valence electrons. The van der Waals surface area contributed by atoms with Crippen LogP contribution in [0.15, 0.2) is 28.7 Å². The van der Waals surface area contributed by atoms with Crippen molar-refractivity contribution >= 4 is 15.9 Å². The zero-order valence-electron chi connectivity index (χ0n) is 9.88. The second-order valence-electron chi connectivity index (χ2n) is 4.88. The Morgan fingerprint density at radius 3 is 2.88 bits per heavy atom. The van der Waals surface area contributed by atoms with E-state index < -0.39 is 0 Å². The Kier molecular flexibility index (Phi) is 4.42. The molecule has 1 aliphatic carbocycles. The molecular formula is C14H20BrN. The van der Waals surface area contributed by atoms with Crippen LogP contribution in [0.3, 0.4) is 0 Å². The summed E-state index contributed by atoms with van der Waals surface area (Å²) < 4.78 is 1.17. The van der Waals surface area contributed by atoms with Crippen LogP contribution in [0.25, 0.3) is 0 Å². The number of hydrogen-bond donors (Lipinski definition) is 1. The first-order valence-corrected chi connectivity index (χ1v) is 7.03. The zero-order valence-corrected chi connectivity index (χ0v) is 11.5. The van der Waals surface area contributed by atoms with Crippen molar-refractivity contribution in [2.75, 3.05) is 0 Å². The molecule has 1 nitrogen and oxygen atoms in total. The fourth-order valence-electron chi connectivity index (χ4n) is 2.52. The average Bonchev–Trinajstić information content (AvgIpc) is 2.28. The molecule has 2 heteroatoms. The van der Waals surface area contributed by atoms with E-state index in [1.165, 1.54) is 35.7 Å². The van der Waals surface area contributed by atoms with Gasteiger partial charge in [0, 0.05) is 17.1 Å². The highest BCUT2D eigenvalue weighted by Crippen LogP contribution is 2.24. The SMILES string of the molecule is CC1CCCCC1NCc1cccc(Br)c1. The normalized spacial score (nSPS) is 25.6. The van der Waals surface area contributed by atoms with Gasteiger partial charge in [-0.2, -0.15) is 0 Å². The lowest BCUT2D eigenvalue weighted by Crippen LogP contribution is -2.36. The van der Waals surface area contributed by atoms with Gasteiger partial charge < -0.3 is 5.32 Å². The molecule has 0 aliphatic heterocycles. The maximum atomic E-state index is 3.69. The lowest BCUT2D eigenvalue weighted by atomic mass is 9.86. The van der Waals surface area contributed by atoms with Crippen molar-refractivity contribution in [3.05, 3.63) is 34.3 Å². The van der Waals surface area contributed by atoms with E-state index in [0.717, 1.165) is 12.5 Å². The van der Waals surface area contributed by atoms with E-state index in [2.05, 4.69) is 52.4 Å². The number of nitrogens with one attached hydrogen (secondary N) is 1. The summed E-state index contributed by atoms with van der Waals surface area (Å²) >= 11 is 3.51. The molecule has 0 aromatic heterocycles. The van der Waals surface area contributed by atoms with Crippen LogP contribution < -0.4 is 5.32 Å². The molecule has 1 fully saturated rings. The van der Waals surface area contributed by atoms with Gasteiger partial charge in [0.1, 0.15) is 0 Å². The van der Waals surface area contributed by atoms with Crippen LogP contribution in [0.2, 0.25) is 0 Å². The molecule has 1 N–H and O–H groups in total. The van der Waals surface area contributed by atoms with Crippen molar-refractivity contribution in [1.82, 2.24) is 5.32 Å². The number of rotatable bonds is 3. The van der Waals surface area contributed by atoms with Gasteiger partial charge in [-0.15, -0.1) is 0 Å². The summed E-state index contributed by atoms with van der Waals surface area (Å²) in [6, 6.07) is 9.27. The molecule has 1 saturated carbocycles. The number of halogens is 1. The first kappa shape index (κ1) is 12.1. The third kappa shape index (κ3) is 3.33. The largest absolute Gasteiger partial charge is 0.310 e. The second-order valence-corrected chi connectivity index (χ2v) is 5.79. The summed E-state index contributed by atoms with van der Waals surface area (Å²) in [5.74, 6) is 0.834. The maximum absolute atomic E-state index is 3.69. The molecule has 0 radical (unpaired) electrons. The van der Waals surface area contributed by atoms with Crippen molar-refractivity contribution < 1.29 is 0 Å². The third-order valence-corrected chi connectivity index (χ3v) is 4.06. The quantitative estimate of drug-likeness (QED) is 0.879. The summed E-state index contributed by atoms with van der Waals surface area (Å²) in [7, 11) is 0. The molecular weight excluding hydrogens is 262 g/mol. The summed E-state index contributed by atoms with van der Waals surface area (Å²) in [5.41, 5.74) is 1.37. The molecule has 2 atom stereocenters. The van der Waals surface area contributed by atoms with Crippen LogP contribution >= 0.6 is 15.9 Å². The number of benzene rings is 1. The van der Waals surface area contributed by atoms with Gasteiger partial charge in [-0.1, -0.05) is 47.8 Å². The molecule has 0 bridgehead atoms. The highest BCUT2D eigenvalue weighted by molar-refractivity contribution is 9.10. The molecule has 1 aromatic rings. The van der Waals surface area contributed by atoms with Crippen molar-refractivity contribution in [2.45, 2.75) is 45.2 Å². The van der Waals surface area contributed by atoms with Crippen LogP contribution in [-0.2, 0) is 6.54 Å². The molecule has 16 heavy (non-hydrogen) atoms. The van der Waals surface area contributed by atoms with Crippen LogP contribution in [0.4, 0.5) is 0 Å². The van der Waals surface area contributed by atoms with Gasteiger partial charge in [0.2, 0.25) is 0 Å². The standard InChI is InChI=1S/C14H20BrN/c1-11-5-2-3-8-14(11)16-10-12-6-4-7-13(15)9-12/h4,6-7,9,11,14,16H,2-3,5,8,10H2,1H3. The fourth-order valence-corrected chi connectivity index (χ4v) is 2.96. The highest BCUT2D eigenvalue weighted by Gasteiger charge is 2.20. The summed E-state index contributed by atoms with van der Waals surface area (Å²) in [6.45, 7) is 3.37. The molecule has 0 amide bonds. The van der Waals surface area contributed by atoms with Gasteiger partial charge in [-0.05, 0) is 36.5 Å². The number of hydrogen-bond acceptors (Lipinski definition) is 1.